The number of fused-ring (bicyclic) bond motifs is 2. The monoisotopic (exact) mass is 520 g/mol. The van der Waals surface area contributed by atoms with Gasteiger partial charge in [-0.3, -0.25) is 10.3 Å². The number of aromatic nitrogens is 5. The zero-order chi connectivity index (χ0) is 26.4. The van der Waals surface area contributed by atoms with Crippen LogP contribution in [0.4, 0.5) is 17.7 Å². The Morgan fingerprint density at radius 1 is 1.00 bits per heavy atom. The first kappa shape index (κ1) is 24.0. The largest absolute Gasteiger partial charge is 0.423 e. The Balaban J connectivity index is 1.28. The molecule has 1 saturated heterocycles. The second kappa shape index (κ2) is 9.57. The smallest absolute Gasteiger partial charge is 0.301 e. The lowest BCUT2D eigenvalue weighted by Crippen LogP contribution is -2.49. The molecular weight excluding hydrogens is 488 g/mol. The number of rotatable bonds is 6. The number of hydrogen-bond acceptors (Lipinski definition) is 9. The van der Waals surface area contributed by atoms with Gasteiger partial charge in [-0.1, -0.05) is 32.4 Å². The summed E-state index contributed by atoms with van der Waals surface area (Å²) in [5, 5.41) is 11.7. The Morgan fingerprint density at radius 2 is 1.90 bits per heavy atom. The third-order valence-electron chi connectivity index (χ3n) is 8.17. The van der Waals surface area contributed by atoms with Crippen LogP contribution in [0.15, 0.2) is 59.4 Å². The van der Waals surface area contributed by atoms with Gasteiger partial charge in [0, 0.05) is 35.9 Å². The molecule has 39 heavy (non-hydrogen) atoms. The van der Waals surface area contributed by atoms with Gasteiger partial charge in [0.25, 0.3) is 0 Å². The van der Waals surface area contributed by atoms with Gasteiger partial charge in [-0.25, -0.2) is 15.0 Å². The first-order valence-corrected chi connectivity index (χ1v) is 13.8. The van der Waals surface area contributed by atoms with E-state index in [9.17, 15) is 0 Å². The molecule has 3 N–H and O–H groups in total. The van der Waals surface area contributed by atoms with Crippen LogP contribution in [0.2, 0.25) is 0 Å². The maximum atomic E-state index is 5.83. The molecule has 1 aliphatic heterocycles. The van der Waals surface area contributed by atoms with Crippen LogP contribution in [0.25, 0.3) is 33.4 Å². The number of anilines is 3. The number of pyridine rings is 2. The average Bonchev–Trinajstić information content (AvgIpc) is 3.31. The van der Waals surface area contributed by atoms with Crippen molar-refractivity contribution in [3.8, 4) is 11.4 Å². The van der Waals surface area contributed by atoms with Gasteiger partial charge in [0.05, 0.1) is 11.7 Å². The molecule has 7 rings (SSSR count). The van der Waals surface area contributed by atoms with Gasteiger partial charge in [0.1, 0.15) is 17.2 Å². The minimum Gasteiger partial charge on any atom is -0.423 e. The van der Waals surface area contributed by atoms with Crippen LogP contribution >= 0.6 is 0 Å². The molecule has 0 bridgehead atoms. The van der Waals surface area contributed by atoms with Gasteiger partial charge < -0.3 is 15.1 Å². The zero-order valence-corrected chi connectivity index (χ0v) is 22.2. The highest BCUT2D eigenvalue weighted by molar-refractivity contribution is 5.93. The lowest BCUT2D eigenvalue weighted by atomic mass is 9.78. The normalized spacial score (nSPS) is 19.2. The van der Waals surface area contributed by atoms with Crippen molar-refractivity contribution >= 4 is 39.7 Å². The van der Waals surface area contributed by atoms with E-state index in [-0.39, 0.29) is 5.41 Å². The highest BCUT2D eigenvalue weighted by atomic mass is 16.4. The molecular formula is C30H32N8O. The molecule has 1 atom stereocenters. The molecule has 0 radical (unpaired) electrons. The number of benzene rings is 1. The number of nitrogens with one attached hydrogen (secondary N) is 3. The molecule has 1 unspecified atom stereocenters. The second-order valence-corrected chi connectivity index (χ2v) is 11.3. The maximum Gasteiger partial charge on any atom is 0.301 e. The molecule has 0 amide bonds. The van der Waals surface area contributed by atoms with Crippen molar-refractivity contribution in [2.75, 3.05) is 23.7 Å². The summed E-state index contributed by atoms with van der Waals surface area (Å²) in [7, 11) is 0. The van der Waals surface area contributed by atoms with E-state index in [4.69, 9.17) is 14.4 Å². The minimum atomic E-state index is 0.0900. The number of oxazole rings is 1. The second-order valence-electron chi connectivity index (χ2n) is 11.3. The van der Waals surface area contributed by atoms with Gasteiger partial charge in [-0.15, -0.1) is 0 Å². The first-order chi connectivity index (χ1) is 19.0. The summed E-state index contributed by atoms with van der Waals surface area (Å²) in [6, 6.07) is 12.2. The number of hydrogen-bond donors (Lipinski definition) is 3. The van der Waals surface area contributed by atoms with Crippen LogP contribution in [0.3, 0.4) is 0 Å². The van der Waals surface area contributed by atoms with E-state index < -0.39 is 0 Å². The molecule has 1 aromatic carbocycles. The molecule has 5 aromatic rings. The molecule has 198 valence electrons. The van der Waals surface area contributed by atoms with Crippen LogP contribution in [0.5, 0.6) is 0 Å². The standard InChI is InChI=1S/C30H32N8O/c1-30(2)17-31-12-11-24(30)36-28-26-20(18-6-5-7-18)15-32-16-22(26)34-27(38-28)19-10-13-33-25(14-19)37-29-35-21-8-3-4-9-23(21)39-29/h3-4,8-10,13-16,18,24,31H,5-7,11-12,17H2,1-2H3,(H,33,35,37)(H,34,36,38). The molecule has 9 nitrogen and oxygen atoms in total. The van der Waals surface area contributed by atoms with Crippen molar-refractivity contribution in [3.05, 3.63) is 60.6 Å². The predicted molar refractivity (Wildman–Crippen MR) is 153 cm³/mol. The molecule has 0 spiro atoms. The van der Waals surface area contributed by atoms with Gasteiger partial charge in [-0.05, 0) is 67.0 Å². The summed E-state index contributed by atoms with van der Waals surface area (Å²) >= 11 is 0. The molecule has 2 fully saturated rings. The summed E-state index contributed by atoms with van der Waals surface area (Å²) in [6.45, 7) is 6.57. The third kappa shape index (κ3) is 4.57. The Kier molecular flexibility index (Phi) is 5.88. The Hall–Kier alpha value is -4.11. The van der Waals surface area contributed by atoms with E-state index in [1.807, 2.05) is 48.8 Å². The van der Waals surface area contributed by atoms with E-state index in [0.717, 1.165) is 52.9 Å². The maximum absolute atomic E-state index is 5.83. The van der Waals surface area contributed by atoms with Crippen LogP contribution in [0.1, 0.15) is 51.0 Å². The minimum absolute atomic E-state index is 0.0900. The van der Waals surface area contributed by atoms with Crippen molar-refractivity contribution in [3.63, 3.8) is 0 Å². The van der Waals surface area contributed by atoms with E-state index in [2.05, 4.69) is 44.7 Å². The fraction of sp³-hybridized carbons (Fsp3) is 0.367. The molecule has 9 heteroatoms. The lowest BCUT2D eigenvalue weighted by molar-refractivity contribution is 0.236. The fourth-order valence-corrected chi connectivity index (χ4v) is 5.65. The van der Waals surface area contributed by atoms with Crippen molar-refractivity contribution in [2.24, 2.45) is 5.41 Å². The molecule has 2 aliphatic rings. The number of nitrogens with zero attached hydrogens (tertiary/aromatic N) is 5. The summed E-state index contributed by atoms with van der Waals surface area (Å²) in [4.78, 5) is 23.7. The lowest BCUT2D eigenvalue weighted by Gasteiger charge is -2.40. The van der Waals surface area contributed by atoms with Crippen molar-refractivity contribution in [1.82, 2.24) is 30.2 Å². The van der Waals surface area contributed by atoms with Gasteiger partial charge in [-0.2, -0.15) is 4.98 Å². The number of para-hydroxylation sites is 2. The van der Waals surface area contributed by atoms with Crippen molar-refractivity contribution < 1.29 is 4.42 Å². The molecule has 5 heterocycles. The van der Waals surface area contributed by atoms with Gasteiger partial charge >= 0.3 is 6.01 Å². The van der Waals surface area contributed by atoms with Crippen LogP contribution in [-0.4, -0.2) is 44.1 Å². The Morgan fingerprint density at radius 3 is 2.72 bits per heavy atom. The summed E-state index contributed by atoms with van der Waals surface area (Å²) in [5.41, 5.74) is 4.58. The third-order valence-corrected chi connectivity index (χ3v) is 8.17. The quantitative estimate of drug-likeness (QED) is 0.247. The van der Waals surface area contributed by atoms with Gasteiger partial charge in [0.2, 0.25) is 0 Å². The van der Waals surface area contributed by atoms with Crippen LogP contribution in [-0.2, 0) is 0 Å². The Bertz CT molecular complexity index is 1630. The van der Waals surface area contributed by atoms with E-state index in [1.165, 1.54) is 24.8 Å². The highest BCUT2D eigenvalue weighted by Crippen LogP contribution is 2.42. The predicted octanol–water partition coefficient (Wildman–Crippen LogP) is 6.04. The highest BCUT2D eigenvalue weighted by Gasteiger charge is 2.33. The summed E-state index contributed by atoms with van der Waals surface area (Å²) in [5.74, 6) is 2.65. The zero-order valence-electron chi connectivity index (χ0n) is 22.2. The molecule has 1 saturated carbocycles. The van der Waals surface area contributed by atoms with Crippen molar-refractivity contribution in [1.29, 1.82) is 0 Å². The van der Waals surface area contributed by atoms with Crippen molar-refractivity contribution in [2.45, 2.75) is 51.5 Å². The van der Waals surface area contributed by atoms with Crippen LogP contribution < -0.4 is 16.0 Å². The average molecular weight is 521 g/mol. The Labute approximate surface area is 226 Å². The molecule has 1 aliphatic carbocycles. The SMILES string of the molecule is CC1(C)CNCCC1Nc1nc(-c2ccnc(Nc3nc4ccccc4o3)c2)nc2cncc(C3CCC3)c12. The van der Waals surface area contributed by atoms with E-state index >= 15 is 0 Å². The summed E-state index contributed by atoms with van der Waals surface area (Å²) in [6.07, 6.45) is 10.3. The van der Waals surface area contributed by atoms with E-state index in [1.54, 1.807) is 6.20 Å². The topological polar surface area (TPSA) is 114 Å². The number of piperidine rings is 1. The first-order valence-electron chi connectivity index (χ1n) is 13.8. The van der Waals surface area contributed by atoms with Crippen LogP contribution in [0, 0.1) is 5.41 Å². The fourth-order valence-electron chi connectivity index (χ4n) is 5.65. The van der Waals surface area contributed by atoms with Gasteiger partial charge in [0.15, 0.2) is 11.4 Å². The summed E-state index contributed by atoms with van der Waals surface area (Å²) < 4.78 is 5.83. The molecule has 4 aromatic heterocycles. The van der Waals surface area contributed by atoms with E-state index in [0.29, 0.717) is 29.6 Å².